The summed E-state index contributed by atoms with van der Waals surface area (Å²) in [6.07, 6.45) is 2.87. The van der Waals surface area contributed by atoms with Crippen LogP contribution in [0.25, 0.3) is 10.8 Å². The van der Waals surface area contributed by atoms with Gasteiger partial charge in [-0.3, -0.25) is 4.79 Å². The highest BCUT2D eigenvalue weighted by atomic mass is 35.5. The van der Waals surface area contributed by atoms with E-state index in [0.717, 1.165) is 21.9 Å². The van der Waals surface area contributed by atoms with E-state index >= 15 is 0 Å². The van der Waals surface area contributed by atoms with Crippen molar-refractivity contribution >= 4 is 34.4 Å². The Labute approximate surface area is 241 Å². The molecule has 0 aromatic heterocycles. The van der Waals surface area contributed by atoms with Gasteiger partial charge in [-0.2, -0.15) is 0 Å². The van der Waals surface area contributed by atoms with Gasteiger partial charge >= 0.3 is 6.09 Å². The van der Waals surface area contributed by atoms with Gasteiger partial charge in [-0.15, -0.1) is 6.58 Å². The van der Waals surface area contributed by atoms with Crippen molar-refractivity contribution in [3.05, 3.63) is 95.3 Å². The molecular formula is C33H38ClFN2O3. The number of ether oxygens (including phenoxy) is 1. The number of benzene rings is 3. The molecular weight excluding hydrogens is 527 g/mol. The van der Waals surface area contributed by atoms with Gasteiger partial charge in [0.25, 0.3) is 0 Å². The van der Waals surface area contributed by atoms with Gasteiger partial charge in [-0.1, -0.05) is 54.1 Å². The Morgan fingerprint density at radius 1 is 1.12 bits per heavy atom. The van der Waals surface area contributed by atoms with Crippen LogP contribution in [0.4, 0.5) is 9.18 Å². The van der Waals surface area contributed by atoms with Crippen molar-refractivity contribution in [2.45, 2.75) is 64.0 Å². The average molecular weight is 565 g/mol. The van der Waals surface area contributed by atoms with Crippen LogP contribution in [0.3, 0.4) is 0 Å². The average Bonchev–Trinajstić information content (AvgIpc) is 2.90. The molecule has 4 rings (SSSR count). The van der Waals surface area contributed by atoms with Crippen molar-refractivity contribution in [3.63, 3.8) is 0 Å². The molecule has 1 aliphatic heterocycles. The van der Waals surface area contributed by atoms with Crippen LogP contribution in [0.5, 0.6) is 0 Å². The number of nitrogens with zero attached hydrogens (tertiary/aromatic N) is 1. The van der Waals surface area contributed by atoms with E-state index < -0.39 is 16.9 Å². The number of carbonyl (C=O) groups excluding carboxylic acids is 2. The molecule has 0 spiro atoms. The van der Waals surface area contributed by atoms with Crippen LogP contribution in [-0.4, -0.2) is 35.6 Å². The highest BCUT2D eigenvalue weighted by Crippen LogP contribution is 2.44. The van der Waals surface area contributed by atoms with Gasteiger partial charge in [0.1, 0.15) is 11.4 Å². The summed E-state index contributed by atoms with van der Waals surface area (Å²) in [5, 5.41) is 5.88. The molecule has 3 aromatic carbocycles. The Bertz CT molecular complexity index is 1370. The first kappa shape index (κ1) is 29.6. The van der Waals surface area contributed by atoms with Crippen LogP contribution in [0.1, 0.15) is 64.1 Å². The first-order valence-electron chi connectivity index (χ1n) is 13.8. The minimum absolute atomic E-state index is 0.119. The first-order chi connectivity index (χ1) is 18.9. The third-order valence-corrected chi connectivity index (χ3v) is 8.01. The minimum atomic E-state index is -0.624. The van der Waals surface area contributed by atoms with E-state index in [1.807, 2.05) is 64.1 Å². The van der Waals surface area contributed by atoms with E-state index in [-0.39, 0.29) is 23.9 Å². The Morgan fingerprint density at radius 3 is 2.40 bits per heavy atom. The molecule has 5 nitrogen and oxygen atoms in total. The number of hydrogen-bond acceptors (Lipinski definition) is 3. The minimum Gasteiger partial charge on any atom is -0.444 e. The van der Waals surface area contributed by atoms with Crippen LogP contribution in [0.2, 0.25) is 5.02 Å². The SMILES string of the molecule is C=CCC(C(=O)N[C@@H](C)c1cc(Cl)cc2ccccc12)C1(c2ccc(F)cc2)CCN(C(=O)OC(C)(C)C)CC1. The summed E-state index contributed by atoms with van der Waals surface area (Å²) in [7, 11) is 0. The summed E-state index contributed by atoms with van der Waals surface area (Å²) in [4.78, 5) is 28.6. The molecule has 1 saturated heterocycles. The maximum Gasteiger partial charge on any atom is 0.410 e. The monoisotopic (exact) mass is 564 g/mol. The standard InChI is InChI=1S/C33H38ClFN2O3/c1-6-9-29(30(38)36-22(2)28-21-25(34)20-23-10-7-8-11-27(23)28)33(24-12-14-26(35)15-13-24)16-18-37(19-17-33)31(39)40-32(3,4)5/h6-8,10-15,20-22,29H,1,9,16-19H2,2-5H3,(H,36,38)/t22-,29?/m0/s1. The zero-order chi connectivity index (χ0) is 29.1. The summed E-state index contributed by atoms with van der Waals surface area (Å²) >= 11 is 6.43. The maximum atomic E-state index is 14.1. The molecule has 40 heavy (non-hydrogen) atoms. The van der Waals surface area contributed by atoms with E-state index in [1.54, 1.807) is 23.1 Å². The molecule has 1 unspecified atom stereocenters. The molecule has 0 saturated carbocycles. The van der Waals surface area contributed by atoms with Gasteiger partial charge in [-0.05, 0) is 93.1 Å². The molecule has 1 heterocycles. The molecule has 2 amide bonds. The van der Waals surface area contributed by atoms with Crippen LogP contribution >= 0.6 is 11.6 Å². The fourth-order valence-electron chi connectivity index (χ4n) is 5.84. The van der Waals surface area contributed by atoms with Crippen LogP contribution < -0.4 is 5.32 Å². The lowest BCUT2D eigenvalue weighted by Gasteiger charge is -2.46. The third-order valence-electron chi connectivity index (χ3n) is 7.80. The Hall–Kier alpha value is -3.38. The molecule has 1 fully saturated rings. The number of fused-ring (bicyclic) bond motifs is 1. The highest BCUT2D eigenvalue weighted by molar-refractivity contribution is 6.31. The number of hydrogen-bond donors (Lipinski definition) is 1. The van der Waals surface area contributed by atoms with E-state index in [1.165, 1.54) is 12.1 Å². The van der Waals surface area contributed by atoms with Gasteiger partial charge in [-0.25, -0.2) is 9.18 Å². The highest BCUT2D eigenvalue weighted by Gasteiger charge is 2.47. The summed E-state index contributed by atoms with van der Waals surface area (Å²) in [6.45, 7) is 12.3. The predicted molar refractivity (Wildman–Crippen MR) is 159 cm³/mol. The van der Waals surface area contributed by atoms with Crippen molar-refractivity contribution in [2.24, 2.45) is 5.92 Å². The van der Waals surface area contributed by atoms with E-state index in [0.29, 0.717) is 37.4 Å². The summed E-state index contributed by atoms with van der Waals surface area (Å²) in [6, 6.07) is 17.8. The number of halogens is 2. The number of allylic oxidation sites excluding steroid dienone is 1. The molecule has 0 bridgehead atoms. The van der Waals surface area contributed by atoms with E-state index in [2.05, 4.69) is 11.9 Å². The van der Waals surface area contributed by atoms with Gasteiger partial charge in [0, 0.05) is 23.5 Å². The zero-order valence-electron chi connectivity index (χ0n) is 23.7. The van der Waals surface area contributed by atoms with Crippen molar-refractivity contribution in [1.82, 2.24) is 10.2 Å². The summed E-state index contributed by atoms with van der Waals surface area (Å²) < 4.78 is 19.6. The second kappa shape index (κ2) is 12.0. The number of amides is 2. The van der Waals surface area contributed by atoms with Crippen molar-refractivity contribution in [1.29, 1.82) is 0 Å². The number of carbonyl (C=O) groups is 2. The molecule has 3 aromatic rings. The summed E-state index contributed by atoms with van der Waals surface area (Å²) in [5.74, 6) is -0.938. The number of nitrogens with one attached hydrogen (secondary N) is 1. The van der Waals surface area contributed by atoms with Crippen LogP contribution in [0.15, 0.2) is 73.3 Å². The fourth-order valence-corrected chi connectivity index (χ4v) is 6.07. The van der Waals surface area contributed by atoms with E-state index in [9.17, 15) is 14.0 Å². The molecule has 1 N–H and O–H groups in total. The predicted octanol–water partition coefficient (Wildman–Crippen LogP) is 7.97. The Kier molecular flexibility index (Phi) is 8.89. The maximum absolute atomic E-state index is 14.1. The first-order valence-corrected chi connectivity index (χ1v) is 14.1. The molecule has 212 valence electrons. The van der Waals surface area contributed by atoms with Crippen molar-refractivity contribution in [2.75, 3.05) is 13.1 Å². The quantitative estimate of drug-likeness (QED) is 0.296. The summed E-state index contributed by atoms with van der Waals surface area (Å²) in [5.41, 5.74) is 0.583. The number of rotatable bonds is 7. The van der Waals surface area contributed by atoms with Crippen molar-refractivity contribution < 1.29 is 18.7 Å². The van der Waals surface area contributed by atoms with Crippen LogP contribution in [0, 0.1) is 11.7 Å². The van der Waals surface area contributed by atoms with E-state index in [4.69, 9.17) is 16.3 Å². The molecule has 0 radical (unpaired) electrons. The lowest BCUT2D eigenvalue weighted by Crippen LogP contribution is -2.53. The van der Waals surface area contributed by atoms with Crippen molar-refractivity contribution in [3.8, 4) is 0 Å². The number of likely N-dealkylation sites (tertiary alicyclic amines) is 1. The van der Waals surface area contributed by atoms with Gasteiger partial charge in [0.15, 0.2) is 0 Å². The normalized spacial score (nSPS) is 16.7. The third kappa shape index (κ3) is 6.49. The fraction of sp³-hybridized carbons (Fsp3) is 0.394. The second-order valence-electron chi connectivity index (χ2n) is 11.7. The lowest BCUT2D eigenvalue weighted by atomic mass is 9.63. The Morgan fingerprint density at radius 2 is 1.77 bits per heavy atom. The van der Waals surface area contributed by atoms with Gasteiger partial charge in [0.05, 0.1) is 12.0 Å². The van der Waals surface area contributed by atoms with Crippen LogP contribution in [-0.2, 0) is 14.9 Å². The van der Waals surface area contributed by atoms with Gasteiger partial charge in [0.2, 0.25) is 5.91 Å². The molecule has 0 aliphatic carbocycles. The number of piperidine rings is 1. The molecule has 7 heteroatoms. The smallest absolute Gasteiger partial charge is 0.410 e. The topological polar surface area (TPSA) is 58.6 Å². The molecule has 2 atom stereocenters. The zero-order valence-corrected chi connectivity index (χ0v) is 24.4. The largest absolute Gasteiger partial charge is 0.444 e. The lowest BCUT2D eigenvalue weighted by molar-refractivity contribution is -0.128. The van der Waals surface area contributed by atoms with Gasteiger partial charge < -0.3 is 15.0 Å². The second-order valence-corrected chi connectivity index (χ2v) is 12.1. The Balaban J connectivity index is 1.65. The molecule has 1 aliphatic rings.